The highest BCUT2D eigenvalue weighted by Crippen LogP contribution is 2.61. The number of hydrogen-bond donors (Lipinski definition) is 0. The van der Waals surface area contributed by atoms with Crippen LogP contribution < -0.4 is 14.2 Å². The van der Waals surface area contributed by atoms with Crippen molar-refractivity contribution in [2.45, 2.75) is 240 Å². The van der Waals surface area contributed by atoms with E-state index in [4.69, 9.17) is 14.2 Å². The number of benzene rings is 1. The number of hydrogen-bond acceptors (Lipinski definition) is 3. The van der Waals surface area contributed by atoms with Gasteiger partial charge in [0.1, 0.15) is 0 Å². The normalized spacial score (nSPS) is 11.7. The van der Waals surface area contributed by atoms with Gasteiger partial charge in [0.2, 0.25) is 5.75 Å². The standard InChI is InChI=1S/C49H94O3P/c1-7-13-16-19-22-25-28-31-34-37-40-50-47-43-46(45-53(10-4,11-5)12-6)44-48(51-41-38-35-32-29-26-23-20-17-14-8-2)49(47)52-42-39-36-33-30-27-24-21-18-15-9-3/h43-44H,7-42,45H2,1-6H3/q+1. The zero-order valence-corrected chi connectivity index (χ0v) is 37.9. The second kappa shape index (κ2) is 36.7. The molecule has 0 saturated heterocycles. The highest BCUT2D eigenvalue weighted by Gasteiger charge is 2.32. The highest BCUT2D eigenvalue weighted by molar-refractivity contribution is 7.75. The molecule has 0 bridgehead atoms. The van der Waals surface area contributed by atoms with Crippen LogP contribution in [0.4, 0.5) is 0 Å². The van der Waals surface area contributed by atoms with Crippen LogP contribution in [-0.2, 0) is 6.16 Å². The van der Waals surface area contributed by atoms with Crippen LogP contribution in [0.1, 0.15) is 240 Å². The molecule has 0 spiro atoms. The minimum atomic E-state index is -1.03. The van der Waals surface area contributed by atoms with Gasteiger partial charge >= 0.3 is 0 Å². The molecule has 3 nitrogen and oxygen atoms in total. The van der Waals surface area contributed by atoms with Crippen molar-refractivity contribution in [1.82, 2.24) is 0 Å². The van der Waals surface area contributed by atoms with Gasteiger partial charge in [-0.05, 0) is 57.7 Å². The molecule has 1 aromatic carbocycles. The van der Waals surface area contributed by atoms with Gasteiger partial charge in [-0.3, -0.25) is 0 Å². The first-order valence-electron chi connectivity index (χ1n) is 24.0. The van der Waals surface area contributed by atoms with Crippen molar-refractivity contribution in [3.05, 3.63) is 17.7 Å². The van der Waals surface area contributed by atoms with Crippen molar-refractivity contribution in [3.63, 3.8) is 0 Å². The minimum Gasteiger partial charge on any atom is -0.490 e. The van der Waals surface area contributed by atoms with Crippen LogP contribution in [0.15, 0.2) is 12.1 Å². The van der Waals surface area contributed by atoms with Crippen molar-refractivity contribution in [1.29, 1.82) is 0 Å². The first-order chi connectivity index (χ1) is 26.1. The van der Waals surface area contributed by atoms with Crippen LogP contribution in [0.2, 0.25) is 0 Å². The van der Waals surface area contributed by atoms with Gasteiger partial charge in [0.15, 0.2) is 11.5 Å². The second-order valence-electron chi connectivity index (χ2n) is 16.5. The Labute approximate surface area is 334 Å². The second-order valence-corrected chi connectivity index (χ2v) is 21.4. The van der Waals surface area contributed by atoms with E-state index in [9.17, 15) is 0 Å². The van der Waals surface area contributed by atoms with Crippen LogP contribution in [0.5, 0.6) is 17.2 Å². The summed E-state index contributed by atoms with van der Waals surface area (Å²) < 4.78 is 20.0. The van der Waals surface area contributed by atoms with E-state index in [0.717, 1.165) is 56.3 Å². The minimum absolute atomic E-state index is 0.745. The maximum absolute atomic E-state index is 6.67. The van der Waals surface area contributed by atoms with Gasteiger partial charge in [0.25, 0.3) is 0 Å². The quantitative estimate of drug-likeness (QED) is 0.0491. The zero-order chi connectivity index (χ0) is 38.5. The molecule has 0 saturated carbocycles. The summed E-state index contributed by atoms with van der Waals surface area (Å²) in [5.41, 5.74) is 1.39. The van der Waals surface area contributed by atoms with Crippen molar-refractivity contribution in [2.24, 2.45) is 0 Å². The molecule has 312 valence electrons. The molecule has 53 heavy (non-hydrogen) atoms. The zero-order valence-electron chi connectivity index (χ0n) is 37.0. The molecule has 0 aromatic heterocycles. The molecule has 0 unspecified atom stereocenters. The third-order valence-electron chi connectivity index (χ3n) is 11.9. The number of unbranched alkanes of at least 4 members (excludes halogenated alkanes) is 27. The van der Waals surface area contributed by atoms with Crippen molar-refractivity contribution in [2.75, 3.05) is 38.3 Å². The number of ether oxygens (including phenoxy) is 3. The summed E-state index contributed by atoms with van der Waals surface area (Å²) in [6.45, 7) is 16.4. The van der Waals surface area contributed by atoms with E-state index in [1.54, 1.807) is 0 Å². The van der Waals surface area contributed by atoms with E-state index in [2.05, 4.69) is 53.7 Å². The average Bonchev–Trinajstić information content (AvgIpc) is 3.17. The Balaban J connectivity index is 2.88. The summed E-state index contributed by atoms with van der Waals surface area (Å²) >= 11 is 0. The molecular formula is C49H94O3P+. The van der Waals surface area contributed by atoms with Gasteiger partial charge in [0, 0.05) is 7.26 Å². The molecule has 0 amide bonds. The lowest BCUT2D eigenvalue weighted by molar-refractivity contribution is 0.234. The summed E-state index contributed by atoms with van der Waals surface area (Å²) in [6, 6.07) is 4.68. The summed E-state index contributed by atoms with van der Waals surface area (Å²) in [4.78, 5) is 0. The SMILES string of the molecule is CCCCCCCCCCCCOc1cc(C[P+](CC)(CC)CC)cc(OCCCCCCCCCCCC)c1OCCCCCCCCCCCC. The van der Waals surface area contributed by atoms with Gasteiger partial charge in [-0.25, -0.2) is 0 Å². The third-order valence-corrected chi connectivity index (χ3v) is 16.9. The largest absolute Gasteiger partial charge is 0.490 e. The summed E-state index contributed by atoms with van der Waals surface area (Å²) in [7, 11) is -1.03. The molecule has 1 rings (SSSR count). The first-order valence-corrected chi connectivity index (χ1v) is 26.5. The van der Waals surface area contributed by atoms with Gasteiger partial charge < -0.3 is 14.2 Å². The van der Waals surface area contributed by atoms with E-state index in [1.807, 2.05) is 0 Å². The van der Waals surface area contributed by atoms with E-state index < -0.39 is 7.26 Å². The van der Waals surface area contributed by atoms with Crippen LogP contribution in [-0.4, -0.2) is 38.3 Å². The fourth-order valence-electron chi connectivity index (χ4n) is 7.78. The van der Waals surface area contributed by atoms with Crippen LogP contribution in [0.3, 0.4) is 0 Å². The third kappa shape index (κ3) is 26.5. The molecule has 0 N–H and O–H groups in total. The summed E-state index contributed by atoms with van der Waals surface area (Å²) in [6.07, 6.45) is 45.3. The van der Waals surface area contributed by atoms with E-state index in [-0.39, 0.29) is 0 Å². The van der Waals surface area contributed by atoms with Gasteiger partial charge in [0.05, 0.1) is 44.5 Å². The topological polar surface area (TPSA) is 27.7 Å². The fourth-order valence-corrected chi connectivity index (χ4v) is 10.7. The van der Waals surface area contributed by atoms with Gasteiger partial charge in [-0.2, -0.15) is 0 Å². The Morgan fingerprint density at radius 2 is 0.604 bits per heavy atom. The molecule has 0 aliphatic rings. The monoisotopic (exact) mass is 762 g/mol. The molecule has 1 aromatic rings. The lowest BCUT2D eigenvalue weighted by atomic mass is 10.1. The van der Waals surface area contributed by atoms with Crippen LogP contribution in [0, 0.1) is 0 Å². The van der Waals surface area contributed by atoms with Crippen LogP contribution in [0.25, 0.3) is 0 Å². The maximum atomic E-state index is 6.67. The maximum Gasteiger partial charge on any atom is 0.203 e. The predicted octanol–water partition coefficient (Wildman–Crippen LogP) is 17.2. The summed E-state index contributed by atoms with van der Waals surface area (Å²) in [5, 5.41) is 0. The Kier molecular flexibility index (Phi) is 34.6. The van der Waals surface area contributed by atoms with Gasteiger partial charge in [-0.15, -0.1) is 0 Å². The highest BCUT2D eigenvalue weighted by atomic mass is 31.2. The molecule has 0 aliphatic carbocycles. The van der Waals surface area contributed by atoms with E-state index >= 15 is 0 Å². The molecule has 0 radical (unpaired) electrons. The van der Waals surface area contributed by atoms with Crippen LogP contribution >= 0.6 is 7.26 Å². The lowest BCUT2D eigenvalue weighted by Crippen LogP contribution is -2.09. The smallest absolute Gasteiger partial charge is 0.203 e. The molecule has 0 aliphatic heterocycles. The lowest BCUT2D eigenvalue weighted by Gasteiger charge is -2.25. The molecular weight excluding hydrogens is 668 g/mol. The molecule has 0 heterocycles. The predicted molar refractivity (Wildman–Crippen MR) is 241 cm³/mol. The molecule has 0 atom stereocenters. The van der Waals surface area contributed by atoms with Gasteiger partial charge in [-0.1, -0.05) is 194 Å². The van der Waals surface area contributed by atoms with E-state index in [0.29, 0.717) is 0 Å². The Morgan fingerprint density at radius 1 is 0.340 bits per heavy atom. The molecule has 0 fully saturated rings. The Bertz CT molecular complexity index is 858. The Morgan fingerprint density at radius 3 is 0.887 bits per heavy atom. The van der Waals surface area contributed by atoms with Crippen molar-refractivity contribution < 1.29 is 14.2 Å². The summed E-state index contributed by atoms with van der Waals surface area (Å²) in [5.74, 6) is 2.74. The average molecular weight is 762 g/mol. The number of rotatable bonds is 41. The van der Waals surface area contributed by atoms with Crippen molar-refractivity contribution >= 4 is 7.26 Å². The Hall–Kier alpha value is -0.950. The first kappa shape index (κ1) is 50.1. The van der Waals surface area contributed by atoms with E-state index in [1.165, 1.54) is 204 Å². The van der Waals surface area contributed by atoms with Crippen molar-refractivity contribution in [3.8, 4) is 17.2 Å². The molecule has 4 heteroatoms. The fraction of sp³-hybridized carbons (Fsp3) is 0.878.